The van der Waals surface area contributed by atoms with Crippen LogP contribution in [0.5, 0.6) is 0 Å². The first-order chi connectivity index (χ1) is 10.1. The lowest BCUT2D eigenvalue weighted by molar-refractivity contribution is -0.196. The molecular formula is C16H31N3O2. The van der Waals surface area contributed by atoms with Crippen LogP contribution in [-0.2, 0) is 9.47 Å². The number of likely N-dealkylation sites (N-methyl/N-ethyl adjacent to an activating group) is 2. The van der Waals surface area contributed by atoms with E-state index in [1.807, 2.05) is 0 Å². The van der Waals surface area contributed by atoms with E-state index in [-0.39, 0.29) is 5.79 Å². The molecule has 5 nitrogen and oxygen atoms in total. The molecular weight excluding hydrogens is 266 g/mol. The first-order valence-electron chi connectivity index (χ1n) is 8.59. The topological polar surface area (TPSA) is 37.0 Å². The van der Waals surface area contributed by atoms with Gasteiger partial charge in [0.2, 0.25) is 0 Å². The summed E-state index contributed by atoms with van der Waals surface area (Å²) in [5.41, 5.74) is 0. The van der Waals surface area contributed by atoms with Gasteiger partial charge in [-0.2, -0.15) is 0 Å². The van der Waals surface area contributed by atoms with Gasteiger partial charge in [-0.1, -0.05) is 6.92 Å². The number of rotatable bonds is 3. The fourth-order valence-corrected chi connectivity index (χ4v) is 4.39. The molecule has 3 atom stereocenters. The zero-order valence-corrected chi connectivity index (χ0v) is 13.8. The van der Waals surface area contributed by atoms with Crippen molar-refractivity contribution < 1.29 is 9.47 Å². The Kier molecular flexibility index (Phi) is 4.86. The van der Waals surface area contributed by atoms with Crippen LogP contribution in [0.3, 0.4) is 0 Å². The van der Waals surface area contributed by atoms with Crippen molar-refractivity contribution in [3.8, 4) is 0 Å². The molecule has 0 aromatic heterocycles. The Morgan fingerprint density at radius 3 is 2.67 bits per heavy atom. The van der Waals surface area contributed by atoms with E-state index in [0.29, 0.717) is 18.1 Å². The molecule has 21 heavy (non-hydrogen) atoms. The molecule has 1 N–H and O–H groups in total. The summed E-state index contributed by atoms with van der Waals surface area (Å²) in [6, 6.07) is 1.70. The molecule has 1 saturated carbocycles. The van der Waals surface area contributed by atoms with Crippen LogP contribution in [0.15, 0.2) is 0 Å². The highest BCUT2D eigenvalue weighted by Gasteiger charge is 2.47. The molecule has 0 aromatic carbocycles. The second kappa shape index (κ2) is 6.50. The van der Waals surface area contributed by atoms with Crippen molar-refractivity contribution in [1.29, 1.82) is 0 Å². The molecule has 3 unspecified atom stereocenters. The molecule has 2 saturated heterocycles. The van der Waals surface area contributed by atoms with E-state index in [1.165, 1.54) is 0 Å². The summed E-state index contributed by atoms with van der Waals surface area (Å²) >= 11 is 0. The molecule has 0 bridgehead atoms. The Balaban J connectivity index is 1.73. The van der Waals surface area contributed by atoms with Crippen molar-refractivity contribution in [2.24, 2.45) is 0 Å². The zero-order chi connectivity index (χ0) is 14.9. The van der Waals surface area contributed by atoms with Crippen LogP contribution in [0.1, 0.15) is 33.1 Å². The van der Waals surface area contributed by atoms with Crippen LogP contribution < -0.4 is 5.32 Å². The number of nitrogens with zero attached hydrogens (tertiary/aromatic N) is 2. The predicted molar refractivity (Wildman–Crippen MR) is 83.4 cm³/mol. The molecule has 3 rings (SSSR count). The van der Waals surface area contributed by atoms with Gasteiger partial charge in [0.25, 0.3) is 0 Å². The smallest absolute Gasteiger partial charge is 0.170 e. The van der Waals surface area contributed by atoms with Crippen molar-refractivity contribution in [2.75, 3.05) is 46.4 Å². The van der Waals surface area contributed by atoms with Crippen molar-refractivity contribution in [1.82, 2.24) is 15.1 Å². The second-order valence-corrected chi connectivity index (χ2v) is 6.93. The van der Waals surface area contributed by atoms with Gasteiger partial charge in [-0.05, 0) is 26.9 Å². The van der Waals surface area contributed by atoms with Crippen molar-refractivity contribution in [3.63, 3.8) is 0 Å². The van der Waals surface area contributed by atoms with Crippen LogP contribution in [0, 0.1) is 0 Å². The largest absolute Gasteiger partial charge is 0.347 e. The quantitative estimate of drug-likeness (QED) is 0.837. The molecule has 1 aliphatic carbocycles. The minimum absolute atomic E-state index is 0.292. The van der Waals surface area contributed by atoms with E-state index in [9.17, 15) is 0 Å². The highest BCUT2D eigenvalue weighted by Crippen LogP contribution is 2.38. The van der Waals surface area contributed by atoms with E-state index >= 15 is 0 Å². The van der Waals surface area contributed by atoms with Gasteiger partial charge in [0.05, 0.1) is 13.2 Å². The van der Waals surface area contributed by atoms with Gasteiger partial charge in [-0.3, -0.25) is 4.90 Å². The maximum atomic E-state index is 6.00. The summed E-state index contributed by atoms with van der Waals surface area (Å²) < 4.78 is 12.0. The summed E-state index contributed by atoms with van der Waals surface area (Å²) in [6.45, 7) is 10.6. The van der Waals surface area contributed by atoms with Gasteiger partial charge >= 0.3 is 0 Å². The van der Waals surface area contributed by atoms with E-state index in [0.717, 1.165) is 58.7 Å². The van der Waals surface area contributed by atoms with Gasteiger partial charge < -0.3 is 19.7 Å². The first kappa shape index (κ1) is 15.7. The van der Waals surface area contributed by atoms with Crippen LogP contribution in [0.2, 0.25) is 0 Å². The van der Waals surface area contributed by atoms with Crippen molar-refractivity contribution in [3.05, 3.63) is 0 Å². The normalized spacial score (nSPS) is 38.1. The summed E-state index contributed by atoms with van der Waals surface area (Å²) in [5.74, 6) is -0.292. The number of piperazine rings is 1. The third kappa shape index (κ3) is 3.27. The Bertz CT molecular complexity index is 346. The van der Waals surface area contributed by atoms with Crippen molar-refractivity contribution >= 4 is 0 Å². The summed E-state index contributed by atoms with van der Waals surface area (Å²) in [4.78, 5) is 5.13. The van der Waals surface area contributed by atoms with E-state index < -0.39 is 0 Å². The minimum Gasteiger partial charge on any atom is -0.347 e. The Morgan fingerprint density at radius 1 is 1.24 bits per heavy atom. The average Bonchev–Trinajstić information content (AvgIpc) is 2.90. The summed E-state index contributed by atoms with van der Waals surface area (Å²) in [6.07, 6.45) is 3.19. The lowest BCUT2D eigenvalue weighted by Crippen LogP contribution is -2.63. The third-order valence-electron chi connectivity index (χ3n) is 5.41. The van der Waals surface area contributed by atoms with Crippen LogP contribution in [0.25, 0.3) is 0 Å². The molecule has 5 heteroatoms. The lowest BCUT2D eigenvalue weighted by Gasteiger charge is -2.50. The van der Waals surface area contributed by atoms with Crippen LogP contribution in [0.4, 0.5) is 0 Å². The highest BCUT2D eigenvalue weighted by molar-refractivity contribution is 4.98. The fraction of sp³-hybridized carbons (Fsp3) is 1.00. The molecule has 122 valence electrons. The van der Waals surface area contributed by atoms with Crippen molar-refractivity contribution in [2.45, 2.75) is 57.0 Å². The number of ether oxygens (including phenoxy) is 2. The number of nitrogens with one attached hydrogen (secondary N) is 1. The Labute approximate surface area is 128 Å². The first-order valence-corrected chi connectivity index (χ1v) is 8.59. The standard InChI is InChI=1S/C16H31N3O2/c1-4-17-14-5-6-16(20-9-10-21-16)11-15(14)19-8-7-18(3)12-13(19)2/h13-15,17H,4-12H2,1-3H3. The number of hydrogen-bond donors (Lipinski definition) is 1. The average molecular weight is 297 g/mol. The molecule has 0 radical (unpaired) electrons. The Morgan fingerprint density at radius 2 is 2.00 bits per heavy atom. The van der Waals surface area contributed by atoms with Gasteiger partial charge in [0.15, 0.2) is 5.79 Å². The van der Waals surface area contributed by atoms with Crippen LogP contribution >= 0.6 is 0 Å². The minimum atomic E-state index is -0.292. The SMILES string of the molecule is CCNC1CCC2(CC1N1CCN(C)CC1C)OCCO2. The van der Waals surface area contributed by atoms with Gasteiger partial charge in [-0.15, -0.1) is 0 Å². The maximum absolute atomic E-state index is 6.00. The molecule has 2 heterocycles. The van der Waals surface area contributed by atoms with E-state index in [1.54, 1.807) is 0 Å². The van der Waals surface area contributed by atoms with Gasteiger partial charge in [-0.25, -0.2) is 0 Å². The van der Waals surface area contributed by atoms with Crippen LogP contribution in [-0.4, -0.2) is 80.2 Å². The molecule has 3 fully saturated rings. The summed E-state index contributed by atoms with van der Waals surface area (Å²) in [5, 5.41) is 3.70. The number of hydrogen-bond acceptors (Lipinski definition) is 5. The summed E-state index contributed by atoms with van der Waals surface area (Å²) in [7, 11) is 2.22. The monoisotopic (exact) mass is 297 g/mol. The highest BCUT2D eigenvalue weighted by atomic mass is 16.7. The second-order valence-electron chi connectivity index (χ2n) is 6.93. The fourth-order valence-electron chi connectivity index (χ4n) is 4.39. The maximum Gasteiger partial charge on any atom is 0.170 e. The molecule has 0 aromatic rings. The van der Waals surface area contributed by atoms with Gasteiger partial charge in [0, 0.05) is 50.6 Å². The third-order valence-corrected chi connectivity index (χ3v) is 5.41. The molecule has 1 spiro atoms. The van der Waals surface area contributed by atoms with E-state index in [4.69, 9.17) is 9.47 Å². The Hall–Kier alpha value is -0.200. The molecule has 2 aliphatic heterocycles. The predicted octanol–water partition coefficient (Wildman–Crippen LogP) is 0.896. The zero-order valence-electron chi connectivity index (χ0n) is 13.8. The molecule has 0 amide bonds. The van der Waals surface area contributed by atoms with Gasteiger partial charge in [0.1, 0.15) is 0 Å². The molecule has 3 aliphatic rings. The lowest BCUT2D eigenvalue weighted by atomic mass is 9.83. The van der Waals surface area contributed by atoms with E-state index in [2.05, 4.69) is 36.0 Å².